The number of hydrogen-bond donors (Lipinski definition) is 2. The van der Waals surface area contributed by atoms with E-state index in [4.69, 9.17) is 21.2 Å². The third-order valence-electron chi connectivity index (χ3n) is 5.76. The van der Waals surface area contributed by atoms with Crippen LogP contribution in [0.3, 0.4) is 0 Å². The fourth-order valence-corrected chi connectivity index (χ4v) is 4.30. The van der Waals surface area contributed by atoms with Gasteiger partial charge in [-0.05, 0) is 36.6 Å². The Morgan fingerprint density at radius 1 is 1.19 bits per heavy atom. The largest absolute Gasteiger partial charge is 0.489 e. The lowest BCUT2D eigenvalue weighted by Crippen LogP contribution is -2.09. The van der Waals surface area contributed by atoms with Crippen LogP contribution in [0.15, 0.2) is 49.1 Å². The highest BCUT2D eigenvalue weighted by Gasteiger charge is 2.18. The first kappa shape index (κ1) is 21.8. The molecular formula is C26H31N5O. The van der Waals surface area contributed by atoms with E-state index in [1.54, 1.807) is 6.08 Å². The Morgan fingerprint density at radius 3 is 2.75 bits per heavy atom. The number of imidazole rings is 1. The molecule has 2 heterocycles. The molecule has 0 spiro atoms. The van der Waals surface area contributed by atoms with Gasteiger partial charge in [-0.15, -0.1) is 0 Å². The molecule has 0 unspecified atom stereocenters. The number of nitrogens with zero attached hydrogens (tertiary/aromatic N) is 3. The molecule has 0 radical (unpaired) electrons. The number of unbranched alkanes of at least 4 members (excludes halogenated alkanes) is 1. The molecular weight excluding hydrogens is 398 g/mol. The Hall–Kier alpha value is -3.38. The average molecular weight is 430 g/mol. The van der Waals surface area contributed by atoms with Crippen LogP contribution in [0.5, 0.6) is 5.75 Å². The minimum Gasteiger partial charge on any atom is -0.489 e. The van der Waals surface area contributed by atoms with Crippen LogP contribution < -0.4 is 16.2 Å². The minimum atomic E-state index is 0.411. The quantitative estimate of drug-likeness (QED) is 0.370. The highest BCUT2D eigenvalue weighted by Crippen LogP contribution is 2.31. The van der Waals surface area contributed by atoms with Gasteiger partial charge < -0.3 is 20.8 Å². The van der Waals surface area contributed by atoms with Crippen LogP contribution >= 0.6 is 0 Å². The SMILES string of the molecule is C=CCOc1c(C)cc(Cn2c(CCCC)nc3c(N)nc4ccccc4c32)cc1CN. The molecule has 2 aromatic heterocycles. The summed E-state index contributed by atoms with van der Waals surface area (Å²) in [5.41, 5.74) is 18.3. The molecule has 0 saturated heterocycles. The van der Waals surface area contributed by atoms with E-state index in [1.165, 1.54) is 0 Å². The number of aryl methyl sites for hydroxylation is 2. The first-order chi connectivity index (χ1) is 15.6. The van der Waals surface area contributed by atoms with E-state index in [9.17, 15) is 0 Å². The Kier molecular flexibility index (Phi) is 6.42. The lowest BCUT2D eigenvalue weighted by Gasteiger charge is -2.16. The zero-order valence-corrected chi connectivity index (χ0v) is 18.9. The zero-order chi connectivity index (χ0) is 22.7. The van der Waals surface area contributed by atoms with Gasteiger partial charge in [0.15, 0.2) is 5.82 Å². The van der Waals surface area contributed by atoms with Gasteiger partial charge in [0.2, 0.25) is 0 Å². The molecule has 0 saturated carbocycles. The first-order valence-electron chi connectivity index (χ1n) is 11.2. The van der Waals surface area contributed by atoms with Gasteiger partial charge in [-0.3, -0.25) is 0 Å². The summed E-state index contributed by atoms with van der Waals surface area (Å²) in [6, 6.07) is 12.4. The van der Waals surface area contributed by atoms with Crippen LogP contribution in [0.4, 0.5) is 5.82 Å². The topological polar surface area (TPSA) is 92.0 Å². The number of benzene rings is 2. The molecule has 0 aliphatic heterocycles. The third-order valence-corrected chi connectivity index (χ3v) is 5.76. The van der Waals surface area contributed by atoms with Crippen LogP contribution in [0, 0.1) is 6.92 Å². The molecule has 4 aromatic rings. The summed E-state index contributed by atoms with van der Waals surface area (Å²) in [5, 5.41) is 1.06. The maximum absolute atomic E-state index is 6.33. The molecule has 0 aliphatic rings. The van der Waals surface area contributed by atoms with Crippen molar-refractivity contribution in [1.29, 1.82) is 0 Å². The van der Waals surface area contributed by atoms with Gasteiger partial charge in [0.25, 0.3) is 0 Å². The maximum atomic E-state index is 6.33. The second-order valence-corrected chi connectivity index (χ2v) is 8.13. The number of para-hydroxylation sites is 1. The first-order valence-corrected chi connectivity index (χ1v) is 11.2. The van der Waals surface area contributed by atoms with Gasteiger partial charge in [0.1, 0.15) is 23.7 Å². The predicted molar refractivity (Wildman–Crippen MR) is 132 cm³/mol. The van der Waals surface area contributed by atoms with Crippen LogP contribution in [0.25, 0.3) is 21.9 Å². The van der Waals surface area contributed by atoms with E-state index in [-0.39, 0.29) is 0 Å². The second-order valence-electron chi connectivity index (χ2n) is 8.13. The van der Waals surface area contributed by atoms with E-state index < -0.39 is 0 Å². The highest BCUT2D eigenvalue weighted by atomic mass is 16.5. The van der Waals surface area contributed by atoms with E-state index >= 15 is 0 Å². The highest BCUT2D eigenvalue weighted by molar-refractivity contribution is 6.06. The summed E-state index contributed by atoms with van der Waals surface area (Å²) in [5.74, 6) is 2.35. The number of ether oxygens (including phenoxy) is 1. The molecule has 0 amide bonds. The molecule has 0 aliphatic carbocycles. The second kappa shape index (κ2) is 9.40. The van der Waals surface area contributed by atoms with Crippen LogP contribution in [0.2, 0.25) is 0 Å². The van der Waals surface area contributed by atoms with Gasteiger partial charge in [-0.25, -0.2) is 9.97 Å². The van der Waals surface area contributed by atoms with Crippen molar-refractivity contribution in [2.45, 2.75) is 46.2 Å². The van der Waals surface area contributed by atoms with Crippen LogP contribution in [-0.4, -0.2) is 21.1 Å². The fourth-order valence-electron chi connectivity index (χ4n) is 4.30. The molecule has 0 fully saturated rings. The average Bonchev–Trinajstić information content (AvgIpc) is 3.15. The molecule has 6 nitrogen and oxygen atoms in total. The smallest absolute Gasteiger partial charge is 0.152 e. The van der Waals surface area contributed by atoms with Crippen LogP contribution in [-0.2, 0) is 19.5 Å². The number of nitrogens with two attached hydrogens (primary N) is 2. The number of fused-ring (bicyclic) bond motifs is 3. The van der Waals surface area contributed by atoms with Gasteiger partial charge in [0, 0.05) is 30.5 Å². The Bertz CT molecular complexity index is 1270. The Balaban J connectivity index is 1.88. The molecule has 4 rings (SSSR count). The summed E-state index contributed by atoms with van der Waals surface area (Å²) < 4.78 is 8.17. The van der Waals surface area contributed by atoms with Crippen molar-refractivity contribution in [3.05, 3.63) is 71.6 Å². The molecule has 6 heteroatoms. The number of hydrogen-bond acceptors (Lipinski definition) is 5. The Morgan fingerprint density at radius 2 is 2.00 bits per heavy atom. The van der Waals surface area contributed by atoms with E-state index in [1.807, 2.05) is 18.2 Å². The monoisotopic (exact) mass is 429 g/mol. The maximum Gasteiger partial charge on any atom is 0.152 e. The molecule has 32 heavy (non-hydrogen) atoms. The number of nitrogen functional groups attached to an aromatic ring is 1. The van der Waals surface area contributed by atoms with E-state index in [2.05, 4.69) is 48.2 Å². The molecule has 4 N–H and O–H groups in total. The van der Waals surface area contributed by atoms with Crippen LogP contribution in [0.1, 0.15) is 42.3 Å². The van der Waals surface area contributed by atoms with Crippen molar-refractivity contribution in [2.24, 2.45) is 5.73 Å². The van der Waals surface area contributed by atoms with Gasteiger partial charge >= 0.3 is 0 Å². The molecule has 0 atom stereocenters. The van der Waals surface area contributed by atoms with Gasteiger partial charge in [0.05, 0.1) is 11.0 Å². The normalized spacial score (nSPS) is 11.3. The lowest BCUT2D eigenvalue weighted by atomic mass is 10.0. The summed E-state index contributed by atoms with van der Waals surface area (Å²) in [6.45, 7) is 9.54. The summed E-state index contributed by atoms with van der Waals surface area (Å²) in [4.78, 5) is 9.52. The number of aromatic nitrogens is 3. The minimum absolute atomic E-state index is 0.411. The van der Waals surface area contributed by atoms with Crippen molar-refractivity contribution in [3.63, 3.8) is 0 Å². The number of rotatable bonds is 9. The Labute approximate surface area is 188 Å². The van der Waals surface area contributed by atoms with E-state index in [0.29, 0.717) is 25.5 Å². The summed E-state index contributed by atoms with van der Waals surface area (Å²) in [6.07, 6.45) is 4.80. The fraction of sp³-hybridized carbons (Fsp3) is 0.308. The lowest BCUT2D eigenvalue weighted by molar-refractivity contribution is 0.356. The van der Waals surface area contributed by atoms with Crippen molar-refractivity contribution in [1.82, 2.24) is 14.5 Å². The van der Waals surface area contributed by atoms with E-state index in [0.717, 1.165) is 69.5 Å². The number of anilines is 1. The van der Waals surface area contributed by atoms with Crippen molar-refractivity contribution in [3.8, 4) is 5.75 Å². The van der Waals surface area contributed by atoms with Crippen molar-refractivity contribution in [2.75, 3.05) is 12.3 Å². The summed E-state index contributed by atoms with van der Waals surface area (Å²) >= 11 is 0. The van der Waals surface area contributed by atoms with Gasteiger partial charge in [-0.1, -0.05) is 50.3 Å². The van der Waals surface area contributed by atoms with Gasteiger partial charge in [-0.2, -0.15) is 0 Å². The third kappa shape index (κ3) is 4.06. The standard InChI is InChI=1S/C26H31N5O/c1-4-6-11-22-30-23-24(20-9-7-8-10-21(20)29-26(23)28)31(22)16-18-13-17(3)25(32-12-5-2)19(14-18)15-27/h5,7-10,13-14H,2,4,6,11-12,15-16,27H2,1,3H3,(H2,28,29). The van der Waals surface area contributed by atoms with Crippen molar-refractivity contribution >= 4 is 27.8 Å². The molecule has 0 bridgehead atoms. The number of pyridine rings is 1. The van der Waals surface area contributed by atoms with Crippen molar-refractivity contribution < 1.29 is 4.74 Å². The molecule has 166 valence electrons. The zero-order valence-electron chi connectivity index (χ0n) is 18.9. The predicted octanol–water partition coefficient (Wildman–Crippen LogP) is 4.89. The summed E-state index contributed by atoms with van der Waals surface area (Å²) in [7, 11) is 0. The molecule has 2 aromatic carbocycles.